The molecule has 8 rings (SSSR count). The van der Waals surface area contributed by atoms with Crippen molar-refractivity contribution in [3.8, 4) is 22.4 Å². The molecule has 0 spiro atoms. The molecule has 230 valence electrons. The van der Waals surface area contributed by atoms with E-state index in [0.29, 0.717) is 6.54 Å². The summed E-state index contributed by atoms with van der Waals surface area (Å²) in [6.45, 7) is 4.77. The number of fused-ring (bicyclic) bond motifs is 4. The zero-order chi connectivity index (χ0) is 32.3. The number of aromatic nitrogens is 1. The molecule has 0 N–H and O–H groups in total. The molecule has 0 aliphatic heterocycles. The van der Waals surface area contributed by atoms with Crippen molar-refractivity contribution < 1.29 is 4.42 Å². The maximum Gasteiger partial charge on any atom is 0.135 e. The number of hydrogen-bond acceptors (Lipinski definition) is 3. The highest BCUT2D eigenvalue weighted by atomic mass is 16.3. The Morgan fingerprint density at radius 1 is 0.604 bits per heavy atom. The van der Waals surface area contributed by atoms with Crippen LogP contribution < -0.4 is 4.90 Å². The molecule has 0 aliphatic rings. The van der Waals surface area contributed by atoms with Gasteiger partial charge in [-0.25, -0.2) is 4.98 Å². The molecule has 0 radical (unpaired) electrons. The summed E-state index contributed by atoms with van der Waals surface area (Å²) in [5.41, 5.74) is 9.62. The molecule has 48 heavy (non-hydrogen) atoms. The van der Waals surface area contributed by atoms with Gasteiger partial charge in [-0.2, -0.15) is 0 Å². The first-order valence-electron chi connectivity index (χ1n) is 16.3. The highest BCUT2D eigenvalue weighted by molar-refractivity contribution is 6.05. The molecule has 2 aromatic heterocycles. The van der Waals surface area contributed by atoms with Gasteiger partial charge in [-0.3, -0.25) is 0 Å². The maximum atomic E-state index is 6.07. The summed E-state index contributed by atoms with van der Waals surface area (Å²) in [4.78, 5) is 7.57. The summed E-state index contributed by atoms with van der Waals surface area (Å²) in [6.07, 6.45) is 7.19. The molecule has 6 aromatic carbocycles. The number of anilines is 2. The van der Waals surface area contributed by atoms with Gasteiger partial charge < -0.3 is 9.32 Å². The second-order valence-electron chi connectivity index (χ2n) is 12.0. The van der Waals surface area contributed by atoms with Crippen molar-refractivity contribution in [3.63, 3.8) is 0 Å². The Hall–Kier alpha value is -6.19. The van der Waals surface area contributed by atoms with E-state index in [9.17, 15) is 0 Å². The summed E-state index contributed by atoms with van der Waals surface area (Å²) in [5.74, 6) is 0.882. The average molecular weight is 619 g/mol. The second-order valence-corrected chi connectivity index (χ2v) is 12.0. The molecule has 0 atom stereocenters. The third kappa shape index (κ3) is 5.67. The van der Waals surface area contributed by atoms with Crippen molar-refractivity contribution in [3.05, 3.63) is 182 Å². The SMILES string of the molecule is C=CCN(c1cc(-c2ccccc2)cc(-c2ccccc2)n1)c1ccc2ccccc2c1CC=Cc1ccc2oc3ccccc3c2c1. The smallest absolute Gasteiger partial charge is 0.135 e. The standard InChI is InChI=1S/C45H34N2O/c1-2-28-47(45-31-36(33-15-5-3-6-16-33)30-41(46-45)35-18-7-4-8-19-35)42-26-25-34-17-9-10-20-37(34)38(42)22-13-14-32-24-27-44-40(29-32)39-21-11-12-23-43(39)48-44/h2-21,23-27,29-31H,1,22,28H2. The van der Waals surface area contributed by atoms with E-state index < -0.39 is 0 Å². The Kier molecular flexibility index (Phi) is 7.85. The van der Waals surface area contributed by atoms with Gasteiger partial charge in [-0.05, 0) is 75.8 Å². The zero-order valence-electron chi connectivity index (χ0n) is 26.6. The number of furan rings is 1. The Balaban J connectivity index is 1.23. The third-order valence-electron chi connectivity index (χ3n) is 8.92. The Labute approximate surface area is 280 Å². The van der Waals surface area contributed by atoms with Crippen LogP contribution in [0.2, 0.25) is 0 Å². The van der Waals surface area contributed by atoms with E-state index in [1.54, 1.807) is 0 Å². The number of para-hydroxylation sites is 1. The number of pyridine rings is 1. The Morgan fingerprint density at radius 2 is 1.31 bits per heavy atom. The normalized spacial score (nSPS) is 11.5. The first-order valence-corrected chi connectivity index (χ1v) is 16.3. The van der Waals surface area contributed by atoms with Crippen molar-refractivity contribution in [2.75, 3.05) is 11.4 Å². The van der Waals surface area contributed by atoms with Crippen LogP contribution in [-0.4, -0.2) is 11.5 Å². The van der Waals surface area contributed by atoms with Crippen LogP contribution in [0.3, 0.4) is 0 Å². The monoisotopic (exact) mass is 618 g/mol. The minimum atomic E-state index is 0.610. The lowest BCUT2D eigenvalue weighted by Gasteiger charge is -2.27. The topological polar surface area (TPSA) is 29.3 Å². The zero-order valence-corrected chi connectivity index (χ0v) is 26.6. The van der Waals surface area contributed by atoms with Crippen molar-refractivity contribution in [2.45, 2.75) is 6.42 Å². The third-order valence-corrected chi connectivity index (χ3v) is 8.92. The van der Waals surface area contributed by atoms with E-state index in [1.807, 2.05) is 24.3 Å². The lowest BCUT2D eigenvalue weighted by atomic mass is 9.98. The van der Waals surface area contributed by atoms with Gasteiger partial charge in [0.25, 0.3) is 0 Å². The van der Waals surface area contributed by atoms with Crippen molar-refractivity contribution in [2.24, 2.45) is 0 Å². The molecule has 0 bridgehead atoms. The van der Waals surface area contributed by atoms with Crippen molar-refractivity contribution >= 4 is 50.3 Å². The van der Waals surface area contributed by atoms with Crippen LogP contribution in [-0.2, 0) is 6.42 Å². The second kappa shape index (κ2) is 12.9. The van der Waals surface area contributed by atoms with Gasteiger partial charge in [0.15, 0.2) is 0 Å². The quantitative estimate of drug-likeness (QED) is 0.151. The molecule has 2 heterocycles. The molecular weight excluding hydrogens is 585 g/mol. The Morgan fingerprint density at radius 3 is 2.12 bits per heavy atom. The predicted molar refractivity (Wildman–Crippen MR) is 203 cm³/mol. The van der Waals surface area contributed by atoms with Gasteiger partial charge >= 0.3 is 0 Å². The van der Waals surface area contributed by atoms with Gasteiger partial charge in [-0.15, -0.1) is 6.58 Å². The van der Waals surface area contributed by atoms with Crippen LogP contribution in [0.5, 0.6) is 0 Å². The number of allylic oxidation sites excluding steroid dienone is 1. The molecule has 0 amide bonds. The van der Waals surface area contributed by atoms with E-state index in [2.05, 4.69) is 157 Å². The minimum absolute atomic E-state index is 0.610. The van der Waals surface area contributed by atoms with Gasteiger partial charge in [0.1, 0.15) is 17.0 Å². The fourth-order valence-corrected chi connectivity index (χ4v) is 6.60. The molecular formula is C45H34N2O. The lowest BCUT2D eigenvalue weighted by molar-refractivity contribution is 0.669. The fourth-order valence-electron chi connectivity index (χ4n) is 6.60. The number of benzene rings is 6. The van der Waals surface area contributed by atoms with Crippen molar-refractivity contribution in [1.29, 1.82) is 0 Å². The fraction of sp³-hybridized carbons (Fsp3) is 0.0444. The lowest BCUT2D eigenvalue weighted by Crippen LogP contribution is -2.20. The van der Waals surface area contributed by atoms with Crippen LogP contribution in [0.25, 0.3) is 61.2 Å². The van der Waals surface area contributed by atoms with E-state index in [1.165, 1.54) is 16.3 Å². The molecule has 3 nitrogen and oxygen atoms in total. The van der Waals surface area contributed by atoms with Gasteiger partial charge in [0.2, 0.25) is 0 Å². The summed E-state index contributed by atoms with van der Waals surface area (Å²) in [5, 5.41) is 4.71. The highest BCUT2D eigenvalue weighted by Crippen LogP contribution is 2.37. The largest absolute Gasteiger partial charge is 0.456 e. The van der Waals surface area contributed by atoms with Gasteiger partial charge in [-0.1, -0.05) is 133 Å². The van der Waals surface area contributed by atoms with Crippen LogP contribution in [0.15, 0.2) is 175 Å². The predicted octanol–water partition coefficient (Wildman–Crippen LogP) is 12.0. The number of hydrogen-bond donors (Lipinski definition) is 0. The summed E-state index contributed by atoms with van der Waals surface area (Å²) >= 11 is 0. The van der Waals surface area contributed by atoms with Gasteiger partial charge in [0, 0.05) is 28.6 Å². The molecule has 0 aliphatic carbocycles. The van der Waals surface area contributed by atoms with Crippen LogP contribution >= 0.6 is 0 Å². The number of rotatable bonds is 9. The maximum absolute atomic E-state index is 6.07. The molecule has 0 saturated heterocycles. The van der Waals surface area contributed by atoms with E-state index >= 15 is 0 Å². The average Bonchev–Trinajstić information content (AvgIpc) is 3.52. The first-order chi connectivity index (χ1) is 23.7. The molecule has 0 unspecified atom stereocenters. The van der Waals surface area contributed by atoms with E-state index in [-0.39, 0.29) is 0 Å². The van der Waals surface area contributed by atoms with E-state index in [0.717, 1.165) is 67.8 Å². The van der Waals surface area contributed by atoms with Gasteiger partial charge in [0.05, 0.1) is 5.69 Å². The van der Waals surface area contributed by atoms with Crippen LogP contribution in [0, 0.1) is 0 Å². The van der Waals surface area contributed by atoms with Crippen LogP contribution in [0.1, 0.15) is 11.1 Å². The first kappa shape index (κ1) is 29.2. The van der Waals surface area contributed by atoms with Crippen molar-refractivity contribution in [1.82, 2.24) is 4.98 Å². The molecule has 0 saturated carbocycles. The van der Waals surface area contributed by atoms with Crippen LogP contribution in [0.4, 0.5) is 11.5 Å². The highest BCUT2D eigenvalue weighted by Gasteiger charge is 2.18. The number of nitrogens with zero attached hydrogens (tertiary/aromatic N) is 2. The summed E-state index contributed by atoms with van der Waals surface area (Å²) in [6, 6.07) is 53.0. The minimum Gasteiger partial charge on any atom is -0.456 e. The van der Waals surface area contributed by atoms with E-state index in [4.69, 9.17) is 9.40 Å². The summed E-state index contributed by atoms with van der Waals surface area (Å²) in [7, 11) is 0. The molecule has 8 aromatic rings. The summed E-state index contributed by atoms with van der Waals surface area (Å²) < 4.78 is 6.07. The molecule has 3 heteroatoms. The Bertz CT molecular complexity index is 2360. The molecule has 0 fully saturated rings.